The van der Waals surface area contributed by atoms with Crippen LogP contribution in [0.25, 0.3) is 0 Å². The summed E-state index contributed by atoms with van der Waals surface area (Å²) in [5.74, 6) is 0.376. The Kier molecular flexibility index (Phi) is 3.24. The van der Waals surface area contributed by atoms with Crippen molar-refractivity contribution in [3.8, 4) is 0 Å². The van der Waals surface area contributed by atoms with Gasteiger partial charge < -0.3 is 15.2 Å². The third kappa shape index (κ3) is 2.60. The van der Waals surface area contributed by atoms with Crippen molar-refractivity contribution in [1.29, 1.82) is 0 Å². The van der Waals surface area contributed by atoms with Crippen LogP contribution in [0.5, 0.6) is 0 Å². The number of hydrogen-bond acceptors (Lipinski definition) is 4. The molecule has 0 aromatic heterocycles. The summed E-state index contributed by atoms with van der Waals surface area (Å²) in [4.78, 5) is 20.8. The van der Waals surface area contributed by atoms with Gasteiger partial charge in [-0.15, -0.1) is 0 Å². The molecule has 0 bridgehead atoms. The predicted molar refractivity (Wildman–Crippen MR) is 46.7 cm³/mol. The van der Waals surface area contributed by atoms with Crippen LogP contribution in [0, 0.1) is 0 Å². The van der Waals surface area contributed by atoms with Crippen molar-refractivity contribution in [3.63, 3.8) is 0 Å². The Balaban J connectivity index is 2.61. The van der Waals surface area contributed by atoms with E-state index in [1.165, 1.54) is 12.2 Å². The molecular formula is C8H10N2O4. The second-order valence-corrected chi connectivity index (χ2v) is 2.55. The molecule has 3 amide bonds. The largest absolute Gasteiger partial charge is 0.464 e. The Hall–Kier alpha value is -1.82. The average molecular weight is 198 g/mol. The fraction of sp³-hybridized carbons (Fsp3) is 0.250. The highest BCUT2D eigenvalue weighted by Crippen LogP contribution is 2.13. The lowest BCUT2D eigenvalue weighted by molar-refractivity contribution is -0.108. The molecule has 0 saturated carbocycles. The summed E-state index contributed by atoms with van der Waals surface area (Å²) in [5.41, 5.74) is 0.398. The molecule has 0 aromatic rings. The number of carbonyl (C=O) groups is 2. The van der Waals surface area contributed by atoms with Gasteiger partial charge in [0.2, 0.25) is 12.7 Å². The summed E-state index contributed by atoms with van der Waals surface area (Å²) in [5, 5.41) is 13.3. The molecule has 1 aliphatic heterocycles. The standard InChI is InChI=1S/C8H10N2O4/c1-5-6(2-3-7(12)14-5)10-8(13)9-4-11/h2-4,7,12H,1H3,(H2,9,10,11,13). The van der Waals surface area contributed by atoms with Crippen molar-refractivity contribution in [2.45, 2.75) is 13.2 Å². The van der Waals surface area contributed by atoms with Gasteiger partial charge in [-0.05, 0) is 19.1 Å². The lowest BCUT2D eigenvalue weighted by Crippen LogP contribution is -2.35. The van der Waals surface area contributed by atoms with E-state index in [0.29, 0.717) is 11.5 Å². The van der Waals surface area contributed by atoms with Gasteiger partial charge in [-0.1, -0.05) is 0 Å². The van der Waals surface area contributed by atoms with Gasteiger partial charge in [-0.25, -0.2) is 4.79 Å². The van der Waals surface area contributed by atoms with Crippen LogP contribution in [0.15, 0.2) is 23.6 Å². The first-order valence-electron chi connectivity index (χ1n) is 3.88. The van der Waals surface area contributed by atoms with Gasteiger partial charge in [-0.3, -0.25) is 10.1 Å². The van der Waals surface area contributed by atoms with Crippen molar-refractivity contribution in [2.75, 3.05) is 0 Å². The first-order chi connectivity index (χ1) is 6.63. The van der Waals surface area contributed by atoms with Crippen LogP contribution in [0.4, 0.5) is 4.79 Å². The number of aliphatic hydroxyl groups is 1. The summed E-state index contributed by atoms with van der Waals surface area (Å²) < 4.78 is 4.90. The number of ether oxygens (including phenoxy) is 1. The lowest BCUT2D eigenvalue weighted by Gasteiger charge is -2.18. The van der Waals surface area contributed by atoms with Gasteiger partial charge >= 0.3 is 6.03 Å². The van der Waals surface area contributed by atoms with E-state index in [2.05, 4.69) is 5.32 Å². The predicted octanol–water partition coefficient (Wildman–Crippen LogP) is -0.422. The summed E-state index contributed by atoms with van der Waals surface area (Å²) in [6.07, 6.45) is 2.14. The van der Waals surface area contributed by atoms with Gasteiger partial charge in [0, 0.05) is 0 Å². The van der Waals surface area contributed by atoms with Crippen molar-refractivity contribution in [3.05, 3.63) is 23.6 Å². The first kappa shape index (κ1) is 10.3. The highest BCUT2D eigenvalue weighted by molar-refractivity contribution is 5.85. The van der Waals surface area contributed by atoms with Gasteiger partial charge in [0.15, 0.2) is 0 Å². The van der Waals surface area contributed by atoms with Gasteiger partial charge in [0.1, 0.15) is 5.76 Å². The molecule has 0 spiro atoms. The molecule has 0 aliphatic carbocycles. The molecule has 3 N–H and O–H groups in total. The molecule has 0 saturated heterocycles. The second kappa shape index (κ2) is 4.43. The third-order valence-corrected chi connectivity index (χ3v) is 1.54. The second-order valence-electron chi connectivity index (χ2n) is 2.55. The number of rotatable bonds is 2. The number of nitrogens with one attached hydrogen (secondary N) is 2. The molecule has 1 unspecified atom stereocenters. The maximum atomic E-state index is 10.9. The Labute approximate surface area is 80.2 Å². The van der Waals surface area contributed by atoms with E-state index in [1.54, 1.807) is 6.92 Å². The Morgan fingerprint density at radius 3 is 3.00 bits per heavy atom. The number of carbonyl (C=O) groups excluding carboxylic acids is 2. The molecule has 14 heavy (non-hydrogen) atoms. The van der Waals surface area contributed by atoms with Gasteiger partial charge in [0.25, 0.3) is 0 Å². The van der Waals surface area contributed by atoms with E-state index in [1.807, 2.05) is 5.32 Å². The summed E-state index contributed by atoms with van der Waals surface area (Å²) in [6, 6.07) is -0.654. The molecule has 1 heterocycles. The Morgan fingerprint density at radius 1 is 1.71 bits per heavy atom. The summed E-state index contributed by atoms with van der Waals surface area (Å²) in [7, 11) is 0. The number of amides is 3. The van der Waals surface area contributed by atoms with Crippen molar-refractivity contribution < 1.29 is 19.4 Å². The molecule has 6 nitrogen and oxygen atoms in total. The van der Waals surface area contributed by atoms with Crippen molar-refractivity contribution in [2.24, 2.45) is 0 Å². The van der Waals surface area contributed by atoms with Gasteiger partial charge in [0.05, 0.1) is 5.70 Å². The highest BCUT2D eigenvalue weighted by atomic mass is 16.6. The highest BCUT2D eigenvalue weighted by Gasteiger charge is 2.12. The molecule has 0 fully saturated rings. The van der Waals surface area contributed by atoms with Crippen molar-refractivity contribution >= 4 is 12.4 Å². The Bertz CT molecular complexity index is 308. The molecule has 76 valence electrons. The minimum Gasteiger partial charge on any atom is -0.464 e. The van der Waals surface area contributed by atoms with Crippen LogP contribution in [-0.2, 0) is 9.53 Å². The monoisotopic (exact) mass is 198 g/mol. The quantitative estimate of drug-likeness (QED) is 0.526. The lowest BCUT2D eigenvalue weighted by atomic mass is 10.3. The number of urea groups is 1. The first-order valence-corrected chi connectivity index (χ1v) is 3.88. The normalized spacial score (nSPS) is 20.0. The van der Waals surface area contributed by atoms with E-state index in [0.717, 1.165) is 0 Å². The zero-order chi connectivity index (χ0) is 10.6. The van der Waals surface area contributed by atoms with Crippen LogP contribution in [-0.4, -0.2) is 23.8 Å². The van der Waals surface area contributed by atoms with E-state index in [-0.39, 0.29) is 6.41 Å². The molecule has 6 heteroatoms. The fourth-order valence-electron chi connectivity index (χ4n) is 0.921. The minimum atomic E-state index is -0.991. The minimum absolute atomic E-state index is 0.271. The van der Waals surface area contributed by atoms with Crippen LogP contribution in [0.3, 0.4) is 0 Å². The zero-order valence-corrected chi connectivity index (χ0v) is 7.48. The van der Waals surface area contributed by atoms with Crippen LogP contribution < -0.4 is 10.6 Å². The number of aliphatic hydroxyl groups excluding tert-OH is 1. The van der Waals surface area contributed by atoms with Crippen molar-refractivity contribution in [1.82, 2.24) is 10.6 Å². The SMILES string of the molecule is CC1=C(NC(=O)NC=O)C=CC(O)O1. The zero-order valence-electron chi connectivity index (χ0n) is 7.48. The van der Waals surface area contributed by atoms with Crippen LogP contribution in [0.1, 0.15) is 6.92 Å². The average Bonchev–Trinajstić information content (AvgIpc) is 2.10. The maximum Gasteiger partial charge on any atom is 0.325 e. The fourth-order valence-corrected chi connectivity index (χ4v) is 0.921. The number of imide groups is 1. The molecule has 1 rings (SSSR count). The van der Waals surface area contributed by atoms with E-state index >= 15 is 0 Å². The van der Waals surface area contributed by atoms with E-state index in [9.17, 15) is 9.59 Å². The van der Waals surface area contributed by atoms with E-state index in [4.69, 9.17) is 9.84 Å². The van der Waals surface area contributed by atoms with Crippen LogP contribution in [0.2, 0.25) is 0 Å². The molecule has 0 radical (unpaired) electrons. The molecule has 1 aliphatic rings. The third-order valence-electron chi connectivity index (χ3n) is 1.54. The number of hydrogen-bond donors (Lipinski definition) is 3. The maximum absolute atomic E-state index is 10.9. The number of allylic oxidation sites excluding steroid dienone is 2. The molecule has 0 aromatic carbocycles. The smallest absolute Gasteiger partial charge is 0.325 e. The topological polar surface area (TPSA) is 87.7 Å². The van der Waals surface area contributed by atoms with Gasteiger partial charge in [-0.2, -0.15) is 0 Å². The summed E-state index contributed by atoms with van der Waals surface area (Å²) in [6.45, 7) is 1.59. The molecular weight excluding hydrogens is 188 g/mol. The van der Waals surface area contributed by atoms with Crippen LogP contribution >= 0.6 is 0 Å². The van der Waals surface area contributed by atoms with E-state index < -0.39 is 12.3 Å². The summed E-state index contributed by atoms with van der Waals surface area (Å²) >= 11 is 0. The molecule has 1 atom stereocenters. The Morgan fingerprint density at radius 2 is 2.43 bits per heavy atom.